The highest BCUT2D eigenvalue weighted by Crippen LogP contribution is 2.24. The second-order valence-corrected chi connectivity index (χ2v) is 4.38. The van der Waals surface area contributed by atoms with Gasteiger partial charge in [-0.25, -0.2) is 0 Å². The molecule has 17 heavy (non-hydrogen) atoms. The number of nitrogens with one attached hydrogen (secondary N) is 1. The Hall–Kier alpha value is -1.43. The molecule has 1 aliphatic heterocycles. The van der Waals surface area contributed by atoms with E-state index in [1.165, 1.54) is 0 Å². The predicted molar refractivity (Wildman–Crippen MR) is 61.5 cm³/mol. The highest BCUT2D eigenvalue weighted by atomic mass is 16.5. The number of carbonyl (C=O) groups excluding carboxylic acids is 1. The van der Waals surface area contributed by atoms with Gasteiger partial charge < -0.3 is 14.7 Å². The fraction of sp³-hybridized carbons (Fsp3) is 0.727. The van der Waals surface area contributed by atoms with Crippen LogP contribution >= 0.6 is 0 Å². The van der Waals surface area contributed by atoms with Crippen molar-refractivity contribution in [1.29, 1.82) is 0 Å². The number of aromatic nitrogens is 2. The molecule has 1 aromatic heterocycles. The molecule has 1 aliphatic rings. The number of amides is 1. The lowest BCUT2D eigenvalue weighted by Crippen LogP contribution is -2.43. The molecule has 1 fully saturated rings. The summed E-state index contributed by atoms with van der Waals surface area (Å²) in [6.45, 7) is 3.69. The van der Waals surface area contributed by atoms with Crippen molar-refractivity contribution in [3.8, 4) is 0 Å². The van der Waals surface area contributed by atoms with Crippen molar-refractivity contribution in [2.24, 2.45) is 0 Å². The molecule has 1 atom stereocenters. The minimum absolute atomic E-state index is 0.136. The molecule has 6 heteroatoms. The number of likely N-dealkylation sites (tertiary alicyclic amines) is 1. The lowest BCUT2D eigenvalue weighted by molar-refractivity contribution is -0.131. The highest BCUT2D eigenvalue weighted by molar-refractivity contribution is 5.78. The zero-order valence-corrected chi connectivity index (χ0v) is 10.3. The fourth-order valence-corrected chi connectivity index (χ4v) is 2.16. The summed E-state index contributed by atoms with van der Waals surface area (Å²) in [7, 11) is 1.78. The standard InChI is InChI=1S/C11H18N4O2/c1-8-13-11(14-17-8)9-4-3-5-15(7-9)10(16)6-12-2/h9,12H,3-7H2,1-2H3/t9-/m0/s1. The second kappa shape index (κ2) is 5.27. The van der Waals surface area contributed by atoms with Crippen molar-refractivity contribution in [3.63, 3.8) is 0 Å². The summed E-state index contributed by atoms with van der Waals surface area (Å²) in [5.41, 5.74) is 0. The molecule has 0 saturated carbocycles. The third-order valence-corrected chi connectivity index (χ3v) is 3.01. The zero-order chi connectivity index (χ0) is 12.3. The Balaban J connectivity index is 1.99. The molecule has 1 N–H and O–H groups in total. The molecule has 0 spiro atoms. The Kier molecular flexibility index (Phi) is 3.73. The number of nitrogens with zero attached hydrogens (tertiary/aromatic N) is 3. The van der Waals surface area contributed by atoms with Crippen molar-refractivity contribution in [2.75, 3.05) is 26.7 Å². The van der Waals surface area contributed by atoms with Crippen molar-refractivity contribution in [3.05, 3.63) is 11.7 Å². The number of piperidine rings is 1. The maximum absolute atomic E-state index is 11.8. The van der Waals surface area contributed by atoms with E-state index < -0.39 is 0 Å². The summed E-state index contributed by atoms with van der Waals surface area (Å²) < 4.78 is 4.98. The largest absolute Gasteiger partial charge is 0.341 e. The third kappa shape index (κ3) is 2.82. The van der Waals surface area contributed by atoms with Gasteiger partial charge in [0.05, 0.1) is 6.54 Å². The van der Waals surface area contributed by atoms with Crippen LogP contribution in [0.2, 0.25) is 0 Å². The minimum Gasteiger partial charge on any atom is -0.341 e. The molecule has 0 radical (unpaired) electrons. The first-order valence-electron chi connectivity index (χ1n) is 5.93. The van der Waals surface area contributed by atoms with Gasteiger partial charge in [0.2, 0.25) is 11.8 Å². The summed E-state index contributed by atoms with van der Waals surface area (Å²) in [6, 6.07) is 0. The molecule has 1 aromatic rings. The number of aryl methyl sites for hydroxylation is 1. The minimum atomic E-state index is 0.136. The first kappa shape index (κ1) is 12.0. The Labute approximate surface area is 100 Å². The SMILES string of the molecule is CNCC(=O)N1CCC[C@H](c2noc(C)n2)C1. The highest BCUT2D eigenvalue weighted by Gasteiger charge is 2.27. The zero-order valence-electron chi connectivity index (χ0n) is 10.3. The van der Waals surface area contributed by atoms with E-state index in [2.05, 4.69) is 15.5 Å². The average molecular weight is 238 g/mol. The Morgan fingerprint density at radius 3 is 3.12 bits per heavy atom. The summed E-state index contributed by atoms with van der Waals surface area (Å²) >= 11 is 0. The van der Waals surface area contributed by atoms with Gasteiger partial charge in [0.1, 0.15) is 0 Å². The Bertz CT molecular complexity index is 391. The van der Waals surface area contributed by atoms with Crippen LogP contribution in [-0.4, -0.2) is 47.6 Å². The van der Waals surface area contributed by atoms with Gasteiger partial charge in [-0.1, -0.05) is 5.16 Å². The maximum atomic E-state index is 11.8. The van der Waals surface area contributed by atoms with Crippen LogP contribution in [0.25, 0.3) is 0 Å². The van der Waals surface area contributed by atoms with Crippen molar-refractivity contribution in [2.45, 2.75) is 25.7 Å². The van der Waals surface area contributed by atoms with Gasteiger partial charge in [-0.05, 0) is 19.9 Å². The van der Waals surface area contributed by atoms with E-state index in [0.29, 0.717) is 19.0 Å². The van der Waals surface area contributed by atoms with Crippen molar-refractivity contribution < 1.29 is 9.32 Å². The van der Waals surface area contributed by atoms with Crippen LogP contribution in [0.15, 0.2) is 4.52 Å². The Morgan fingerprint density at radius 1 is 1.65 bits per heavy atom. The monoisotopic (exact) mass is 238 g/mol. The van der Waals surface area contributed by atoms with Crippen LogP contribution in [0.5, 0.6) is 0 Å². The number of likely N-dealkylation sites (N-methyl/N-ethyl adjacent to an activating group) is 1. The number of carbonyl (C=O) groups is 1. The van der Waals surface area contributed by atoms with Gasteiger partial charge >= 0.3 is 0 Å². The number of rotatable bonds is 3. The second-order valence-electron chi connectivity index (χ2n) is 4.38. The van der Waals surface area contributed by atoms with E-state index in [9.17, 15) is 4.79 Å². The molecule has 2 heterocycles. The van der Waals surface area contributed by atoms with Crippen LogP contribution in [0.4, 0.5) is 0 Å². The van der Waals surface area contributed by atoms with E-state index in [0.717, 1.165) is 25.2 Å². The number of hydrogen-bond acceptors (Lipinski definition) is 5. The van der Waals surface area contributed by atoms with E-state index in [1.54, 1.807) is 14.0 Å². The van der Waals surface area contributed by atoms with Crippen molar-refractivity contribution in [1.82, 2.24) is 20.4 Å². The first-order chi connectivity index (χ1) is 8.20. The van der Waals surface area contributed by atoms with Gasteiger partial charge in [0, 0.05) is 25.9 Å². The van der Waals surface area contributed by atoms with Gasteiger partial charge in [-0.3, -0.25) is 4.79 Å². The predicted octanol–water partition coefficient (Wildman–Crippen LogP) is 0.303. The smallest absolute Gasteiger partial charge is 0.236 e. The quantitative estimate of drug-likeness (QED) is 0.820. The topological polar surface area (TPSA) is 71.3 Å². The average Bonchev–Trinajstić information content (AvgIpc) is 2.76. The maximum Gasteiger partial charge on any atom is 0.236 e. The van der Waals surface area contributed by atoms with Crippen molar-refractivity contribution >= 4 is 5.91 Å². The van der Waals surface area contributed by atoms with Crippen LogP contribution < -0.4 is 5.32 Å². The van der Waals surface area contributed by atoms with E-state index in [-0.39, 0.29) is 11.8 Å². The van der Waals surface area contributed by atoms with Gasteiger partial charge in [0.25, 0.3) is 0 Å². The summed E-state index contributed by atoms with van der Waals surface area (Å²) in [5, 5.41) is 6.82. The molecule has 2 rings (SSSR count). The lowest BCUT2D eigenvalue weighted by Gasteiger charge is -2.31. The van der Waals surface area contributed by atoms with Crippen LogP contribution in [-0.2, 0) is 4.79 Å². The molecule has 0 aromatic carbocycles. The normalized spacial score (nSPS) is 20.6. The van der Waals surface area contributed by atoms with Crippen LogP contribution in [0.1, 0.15) is 30.5 Å². The van der Waals surface area contributed by atoms with E-state index >= 15 is 0 Å². The van der Waals surface area contributed by atoms with Crippen LogP contribution in [0, 0.1) is 6.92 Å². The summed E-state index contributed by atoms with van der Waals surface area (Å²) in [6.07, 6.45) is 2.01. The molecule has 0 aliphatic carbocycles. The summed E-state index contributed by atoms with van der Waals surface area (Å²) in [4.78, 5) is 17.9. The molecular formula is C11H18N4O2. The van der Waals surface area contributed by atoms with Gasteiger partial charge in [0.15, 0.2) is 5.82 Å². The lowest BCUT2D eigenvalue weighted by atomic mass is 9.97. The first-order valence-corrected chi connectivity index (χ1v) is 5.93. The molecule has 0 bridgehead atoms. The molecule has 1 amide bonds. The van der Waals surface area contributed by atoms with Crippen LogP contribution in [0.3, 0.4) is 0 Å². The van der Waals surface area contributed by atoms with Gasteiger partial charge in [-0.2, -0.15) is 4.98 Å². The molecule has 1 saturated heterocycles. The molecular weight excluding hydrogens is 220 g/mol. The molecule has 6 nitrogen and oxygen atoms in total. The third-order valence-electron chi connectivity index (χ3n) is 3.01. The number of hydrogen-bond donors (Lipinski definition) is 1. The summed E-state index contributed by atoms with van der Waals surface area (Å²) in [5.74, 6) is 1.66. The molecule has 94 valence electrons. The van der Waals surface area contributed by atoms with Gasteiger partial charge in [-0.15, -0.1) is 0 Å². The molecule has 0 unspecified atom stereocenters. The van der Waals surface area contributed by atoms with E-state index in [4.69, 9.17) is 4.52 Å². The Morgan fingerprint density at radius 2 is 2.47 bits per heavy atom. The van der Waals surface area contributed by atoms with E-state index in [1.807, 2.05) is 4.90 Å². The fourth-order valence-electron chi connectivity index (χ4n) is 2.16.